The molecule has 1 saturated heterocycles. The summed E-state index contributed by atoms with van der Waals surface area (Å²) in [5.74, 6) is 2.43. The summed E-state index contributed by atoms with van der Waals surface area (Å²) in [4.78, 5) is 23.8. The minimum absolute atomic E-state index is 0.0317. The average molecular weight is 394 g/mol. The molecule has 0 spiro atoms. The van der Waals surface area contributed by atoms with Gasteiger partial charge in [0.05, 0.1) is 17.9 Å². The number of nitrogens with zero attached hydrogens (tertiary/aromatic N) is 3. The molecule has 0 radical (unpaired) electrons. The minimum atomic E-state index is -0.103. The predicted molar refractivity (Wildman–Crippen MR) is 112 cm³/mol. The fourth-order valence-electron chi connectivity index (χ4n) is 3.83. The molecular formula is C22H26N4O3. The Morgan fingerprint density at radius 1 is 1.28 bits per heavy atom. The number of nitrogens with one attached hydrogen (secondary N) is 1. The maximum absolute atomic E-state index is 12.9. The Balaban J connectivity index is 1.49. The van der Waals surface area contributed by atoms with Crippen LogP contribution in [0.1, 0.15) is 31.1 Å². The van der Waals surface area contributed by atoms with Crippen LogP contribution in [0.5, 0.6) is 5.75 Å². The van der Waals surface area contributed by atoms with Crippen molar-refractivity contribution in [3.63, 3.8) is 0 Å². The second-order valence-electron chi connectivity index (χ2n) is 7.39. The van der Waals surface area contributed by atoms with Gasteiger partial charge in [0, 0.05) is 24.3 Å². The molecule has 1 atom stereocenters. The van der Waals surface area contributed by atoms with Gasteiger partial charge in [0.15, 0.2) is 0 Å². The van der Waals surface area contributed by atoms with Crippen molar-refractivity contribution in [1.29, 1.82) is 0 Å². The van der Waals surface area contributed by atoms with E-state index >= 15 is 0 Å². The summed E-state index contributed by atoms with van der Waals surface area (Å²) in [5.41, 5.74) is 2.43. The van der Waals surface area contributed by atoms with E-state index in [2.05, 4.69) is 20.2 Å². The second-order valence-corrected chi connectivity index (χ2v) is 7.39. The number of hydrogen-bond acceptors (Lipinski definition) is 6. The molecule has 0 unspecified atom stereocenters. The lowest BCUT2D eigenvalue weighted by Gasteiger charge is -2.33. The molecule has 3 aromatic rings. The van der Waals surface area contributed by atoms with E-state index in [1.54, 1.807) is 0 Å². The molecule has 1 aliphatic heterocycles. The highest BCUT2D eigenvalue weighted by Gasteiger charge is 2.28. The van der Waals surface area contributed by atoms with Crippen LogP contribution in [-0.4, -0.2) is 35.6 Å². The van der Waals surface area contributed by atoms with Gasteiger partial charge in [-0.1, -0.05) is 0 Å². The van der Waals surface area contributed by atoms with Crippen molar-refractivity contribution in [1.82, 2.24) is 9.97 Å². The molecule has 7 heteroatoms. The molecule has 3 heterocycles. The van der Waals surface area contributed by atoms with E-state index in [0.717, 1.165) is 53.4 Å². The standard InChI is InChI=1S/C22H26N4O3/c1-4-28-18-9-7-17(8-10-18)25-21(27)16-6-5-11-26(12-16)20-19-14(2)15(3)29-22(19)24-13-23-20/h7-10,13,16H,4-6,11-12H2,1-3H3,(H,25,27)/t16-/m0/s1. The van der Waals surface area contributed by atoms with Crippen molar-refractivity contribution in [2.75, 3.05) is 29.9 Å². The lowest BCUT2D eigenvalue weighted by Crippen LogP contribution is -2.41. The molecule has 4 rings (SSSR count). The molecule has 152 valence electrons. The number of hydrogen-bond donors (Lipinski definition) is 1. The third-order valence-electron chi connectivity index (χ3n) is 5.47. The number of benzene rings is 1. The van der Waals surface area contributed by atoms with Crippen LogP contribution in [0.25, 0.3) is 11.1 Å². The fraction of sp³-hybridized carbons (Fsp3) is 0.409. The van der Waals surface area contributed by atoms with Crippen molar-refractivity contribution in [2.24, 2.45) is 5.92 Å². The van der Waals surface area contributed by atoms with E-state index in [0.29, 0.717) is 18.9 Å². The van der Waals surface area contributed by atoms with Crippen LogP contribution in [0.4, 0.5) is 11.5 Å². The Bertz CT molecular complexity index is 1010. The summed E-state index contributed by atoms with van der Waals surface area (Å²) in [5, 5.41) is 3.98. The summed E-state index contributed by atoms with van der Waals surface area (Å²) < 4.78 is 11.2. The average Bonchev–Trinajstić information content (AvgIpc) is 3.03. The van der Waals surface area contributed by atoms with Gasteiger partial charge in [-0.3, -0.25) is 4.79 Å². The molecular weight excluding hydrogens is 368 g/mol. The number of anilines is 2. The lowest BCUT2D eigenvalue weighted by atomic mass is 9.96. The maximum atomic E-state index is 12.9. The number of aromatic nitrogens is 2. The van der Waals surface area contributed by atoms with E-state index in [1.807, 2.05) is 45.0 Å². The van der Waals surface area contributed by atoms with Gasteiger partial charge in [0.1, 0.15) is 23.7 Å². The number of furan rings is 1. The van der Waals surface area contributed by atoms with Gasteiger partial charge >= 0.3 is 0 Å². The number of aryl methyl sites for hydroxylation is 2. The number of carbonyl (C=O) groups is 1. The van der Waals surface area contributed by atoms with Crippen LogP contribution in [0.2, 0.25) is 0 Å². The van der Waals surface area contributed by atoms with Crippen molar-refractivity contribution < 1.29 is 13.9 Å². The first kappa shape index (κ1) is 19.2. The van der Waals surface area contributed by atoms with E-state index in [1.165, 1.54) is 6.33 Å². The zero-order valence-corrected chi connectivity index (χ0v) is 17.1. The van der Waals surface area contributed by atoms with Gasteiger partial charge in [-0.05, 0) is 57.9 Å². The van der Waals surface area contributed by atoms with Crippen molar-refractivity contribution in [2.45, 2.75) is 33.6 Å². The number of fused-ring (bicyclic) bond motifs is 1. The van der Waals surface area contributed by atoms with Gasteiger partial charge in [-0.15, -0.1) is 0 Å². The minimum Gasteiger partial charge on any atom is -0.494 e. The molecule has 29 heavy (non-hydrogen) atoms. The molecule has 0 bridgehead atoms. The van der Waals surface area contributed by atoms with Gasteiger partial charge in [-0.25, -0.2) is 9.97 Å². The summed E-state index contributed by atoms with van der Waals surface area (Å²) in [6.07, 6.45) is 3.32. The Kier molecular flexibility index (Phi) is 5.38. The summed E-state index contributed by atoms with van der Waals surface area (Å²) in [6, 6.07) is 7.48. The van der Waals surface area contributed by atoms with Crippen molar-refractivity contribution in [3.05, 3.63) is 41.9 Å². The second kappa shape index (κ2) is 8.11. The Labute approximate surface area is 170 Å². The van der Waals surface area contributed by atoms with Gasteiger partial charge in [0.25, 0.3) is 0 Å². The molecule has 7 nitrogen and oxygen atoms in total. The Morgan fingerprint density at radius 3 is 2.83 bits per heavy atom. The summed E-state index contributed by atoms with van der Waals surface area (Å²) >= 11 is 0. The zero-order chi connectivity index (χ0) is 20.4. The summed E-state index contributed by atoms with van der Waals surface area (Å²) in [6.45, 7) is 8.01. The first-order valence-electron chi connectivity index (χ1n) is 10.1. The number of carbonyl (C=O) groups excluding carboxylic acids is 1. The molecule has 0 saturated carbocycles. The number of amides is 1. The highest BCUT2D eigenvalue weighted by atomic mass is 16.5. The van der Waals surface area contributed by atoms with Gasteiger partial charge in [0.2, 0.25) is 11.6 Å². The van der Waals surface area contributed by atoms with Crippen molar-refractivity contribution >= 4 is 28.5 Å². The molecule has 1 aliphatic rings. The van der Waals surface area contributed by atoms with Crippen LogP contribution in [-0.2, 0) is 4.79 Å². The maximum Gasteiger partial charge on any atom is 0.231 e. The first-order valence-corrected chi connectivity index (χ1v) is 10.1. The van der Waals surface area contributed by atoms with Crippen LogP contribution in [0.3, 0.4) is 0 Å². The highest BCUT2D eigenvalue weighted by Crippen LogP contribution is 2.32. The Morgan fingerprint density at radius 2 is 2.07 bits per heavy atom. The zero-order valence-electron chi connectivity index (χ0n) is 17.1. The summed E-state index contributed by atoms with van der Waals surface area (Å²) in [7, 11) is 0. The van der Waals surface area contributed by atoms with Crippen LogP contribution < -0.4 is 15.0 Å². The van der Waals surface area contributed by atoms with Gasteiger partial charge < -0.3 is 19.4 Å². The normalized spacial score (nSPS) is 16.8. The van der Waals surface area contributed by atoms with Gasteiger partial charge in [-0.2, -0.15) is 0 Å². The van der Waals surface area contributed by atoms with Crippen LogP contribution in [0, 0.1) is 19.8 Å². The number of rotatable bonds is 5. The van der Waals surface area contributed by atoms with E-state index in [9.17, 15) is 4.79 Å². The lowest BCUT2D eigenvalue weighted by molar-refractivity contribution is -0.120. The monoisotopic (exact) mass is 394 g/mol. The molecule has 1 amide bonds. The Hall–Kier alpha value is -3.09. The third-order valence-corrected chi connectivity index (χ3v) is 5.47. The molecule has 0 aliphatic carbocycles. The molecule has 1 fully saturated rings. The van der Waals surface area contributed by atoms with Crippen LogP contribution in [0.15, 0.2) is 35.0 Å². The SMILES string of the molecule is CCOc1ccc(NC(=O)[C@H]2CCCN(c3ncnc4oc(C)c(C)c34)C2)cc1. The first-order chi connectivity index (χ1) is 14.1. The van der Waals surface area contributed by atoms with Crippen molar-refractivity contribution in [3.8, 4) is 5.75 Å². The fourth-order valence-corrected chi connectivity index (χ4v) is 3.83. The molecule has 1 aromatic carbocycles. The molecule has 1 N–H and O–H groups in total. The highest BCUT2D eigenvalue weighted by molar-refractivity contribution is 5.94. The predicted octanol–water partition coefficient (Wildman–Crippen LogP) is 4.09. The third kappa shape index (κ3) is 3.90. The quantitative estimate of drug-likeness (QED) is 0.702. The molecule has 2 aromatic heterocycles. The largest absolute Gasteiger partial charge is 0.494 e. The number of ether oxygens (including phenoxy) is 1. The van der Waals surface area contributed by atoms with E-state index in [4.69, 9.17) is 9.15 Å². The smallest absolute Gasteiger partial charge is 0.231 e. The van der Waals surface area contributed by atoms with E-state index in [-0.39, 0.29) is 11.8 Å². The topological polar surface area (TPSA) is 80.5 Å². The van der Waals surface area contributed by atoms with E-state index < -0.39 is 0 Å². The van der Waals surface area contributed by atoms with Crippen LogP contribution >= 0.6 is 0 Å². The number of piperidine rings is 1.